The van der Waals surface area contributed by atoms with Crippen molar-refractivity contribution in [1.29, 1.82) is 0 Å². The molecule has 0 aliphatic heterocycles. The minimum atomic E-state index is -1.25. The van der Waals surface area contributed by atoms with E-state index in [9.17, 15) is 13.6 Å². The van der Waals surface area contributed by atoms with E-state index in [0.29, 0.717) is 0 Å². The van der Waals surface area contributed by atoms with Crippen LogP contribution in [0.25, 0.3) is 11.3 Å². The van der Waals surface area contributed by atoms with Crippen molar-refractivity contribution in [3.63, 3.8) is 0 Å². The van der Waals surface area contributed by atoms with E-state index in [4.69, 9.17) is 5.11 Å². The molecule has 0 atom stereocenters. The van der Waals surface area contributed by atoms with Crippen molar-refractivity contribution in [2.24, 2.45) is 0 Å². The third-order valence-corrected chi connectivity index (χ3v) is 1.99. The Labute approximate surface area is 88.1 Å². The molecule has 0 fully saturated rings. The van der Waals surface area contributed by atoms with Crippen LogP contribution in [0, 0.1) is 11.6 Å². The first-order valence-corrected chi connectivity index (χ1v) is 4.22. The number of hydrogen-bond acceptors (Lipinski definition) is 3. The standard InChI is InChI=1S/C10H5F2NO3/c11-7-2-1-5(3-8(7)12)9-6(10(14)15)4-16-13-9/h1-4H,(H,14,15). The molecule has 1 heterocycles. The molecule has 0 aliphatic rings. The highest BCUT2D eigenvalue weighted by atomic mass is 19.2. The number of hydrogen-bond donors (Lipinski definition) is 1. The molecule has 2 rings (SSSR count). The van der Waals surface area contributed by atoms with E-state index in [1.165, 1.54) is 6.07 Å². The highest BCUT2D eigenvalue weighted by Crippen LogP contribution is 2.23. The van der Waals surface area contributed by atoms with Crippen LogP contribution >= 0.6 is 0 Å². The summed E-state index contributed by atoms with van der Waals surface area (Å²) in [6, 6.07) is 2.98. The van der Waals surface area contributed by atoms with Gasteiger partial charge in [-0.15, -0.1) is 0 Å². The number of aromatic carboxylic acids is 1. The number of benzene rings is 1. The summed E-state index contributed by atoms with van der Waals surface area (Å²) in [5.74, 6) is -3.33. The molecule has 0 bridgehead atoms. The first-order valence-electron chi connectivity index (χ1n) is 4.22. The average molecular weight is 225 g/mol. The van der Waals surface area contributed by atoms with Crippen molar-refractivity contribution in [1.82, 2.24) is 5.16 Å². The van der Waals surface area contributed by atoms with E-state index in [1.54, 1.807) is 0 Å². The number of carbonyl (C=O) groups is 1. The molecule has 0 amide bonds. The van der Waals surface area contributed by atoms with Gasteiger partial charge in [0.2, 0.25) is 0 Å². The topological polar surface area (TPSA) is 63.3 Å². The van der Waals surface area contributed by atoms with Crippen LogP contribution in [0.1, 0.15) is 10.4 Å². The molecule has 6 heteroatoms. The zero-order valence-electron chi connectivity index (χ0n) is 7.78. The lowest BCUT2D eigenvalue weighted by Crippen LogP contribution is -1.97. The minimum absolute atomic E-state index is 0.0357. The van der Waals surface area contributed by atoms with Crippen LogP contribution in [0.15, 0.2) is 29.0 Å². The van der Waals surface area contributed by atoms with Gasteiger partial charge in [0.25, 0.3) is 0 Å². The Morgan fingerprint density at radius 3 is 2.69 bits per heavy atom. The maximum atomic E-state index is 12.9. The quantitative estimate of drug-likeness (QED) is 0.851. The fourth-order valence-electron chi connectivity index (χ4n) is 1.24. The number of nitrogens with zero attached hydrogens (tertiary/aromatic N) is 1. The number of carboxylic acids is 1. The van der Waals surface area contributed by atoms with Gasteiger partial charge in [0.15, 0.2) is 11.6 Å². The zero-order valence-corrected chi connectivity index (χ0v) is 7.78. The van der Waals surface area contributed by atoms with E-state index < -0.39 is 17.6 Å². The molecule has 1 aromatic carbocycles. The average Bonchev–Trinajstić information content (AvgIpc) is 2.71. The van der Waals surface area contributed by atoms with E-state index in [1.807, 2.05) is 0 Å². The Hall–Kier alpha value is -2.24. The summed E-state index contributed by atoms with van der Waals surface area (Å²) in [7, 11) is 0. The number of carboxylic acid groups (broad SMARTS) is 1. The van der Waals surface area contributed by atoms with Gasteiger partial charge < -0.3 is 9.63 Å². The highest BCUT2D eigenvalue weighted by Gasteiger charge is 2.17. The molecule has 16 heavy (non-hydrogen) atoms. The van der Waals surface area contributed by atoms with Gasteiger partial charge >= 0.3 is 5.97 Å². The van der Waals surface area contributed by atoms with Crippen LogP contribution in [0.5, 0.6) is 0 Å². The van der Waals surface area contributed by atoms with Crippen LogP contribution in [-0.4, -0.2) is 16.2 Å². The van der Waals surface area contributed by atoms with Gasteiger partial charge in [-0.05, 0) is 18.2 Å². The molecule has 0 saturated carbocycles. The lowest BCUT2D eigenvalue weighted by atomic mass is 10.1. The smallest absolute Gasteiger partial charge is 0.341 e. The van der Waals surface area contributed by atoms with Gasteiger partial charge in [0, 0.05) is 5.56 Å². The predicted octanol–water partition coefficient (Wildman–Crippen LogP) is 2.32. The molecule has 0 aliphatic carbocycles. The molecule has 0 unspecified atom stereocenters. The van der Waals surface area contributed by atoms with Gasteiger partial charge in [-0.1, -0.05) is 5.16 Å². The van der Waals surface area contributed by atoms with E-state index in [-0.39, 0.29) is 16.8 Å². The molecule has 0 saturated heterocycles. The number of aromatic nitrogens is 1. The monoisotopic (exact) mass is 225 g/mol. The van der Waals surface area contributed by atoms with E-state index >= 15 is 0 Å². The molecule has 2 aromatic rings. The summed E-state index contributed by atoms with van der Waals surface area (Å²) in [4.78, 5) is 10.7. The third kappa shape index (κ3) is 1.65. The first kappa shape index (κ1) is 10.3. The lowest BCUT2D eigenvalue weighted by molar-refractivity contribution is 0.0697. The molecular formula is C10H5F2NO3. The third-order valence-electron chi connectivity index (χ3n) is 1.99. The summed E-state index contributed by atoms with van der Waals surface area (Å²) in [6.07, 6.45) is 0.929. The molecule has 0 radical (unpaired) electrons. The van der Waals surface area contributed by atoms with Gasteiger partial charge in [-0.25, -0.2) is 13.6 Å². The number of rotatable bonds is 2. The van der Waals surface area contributed by atoms with E-state index in [0.717, 1.165) is 18.4 Å². The lowest BCUT2D eigenvalue weighted by Gasteiger charge is -1.98. The molecule has 1 aromatic heterocycles. The van der Waals surface area contributed by atoms with E-state index in [2.05, 4.69) is 9.68 Å². The molecule has 82 valence electrons. The summed E-state index contributed by atoms with van der Waals surface area (Å²) in [5.41, 5.74) is -0.0949. The Balaban J connectivity index is 2.54. The van der Waals surface area contributed by atoms with Crippen LogP contribution in [0.3, 0.4) is 0 Å². The fraction of sp³-hybridized carbons (Fsp3) is 0. The van der Waals surface area contributed by atoms with Crippen molar-refractivity contribution < 1.29 is 23.2 Å². The predicted molar refractivity (Wildman–Crippen MR) is 48.8 cm³/mol. The summed E-state index contributed by atoms with van der Waals surface area (Å²) in [6.45, 7) is 0. The largest absolute Gasteiger partial charge is 0.477 e. The SMILES string of the molecule is O=C(O)c1conc1-c1ccc(F)c(F)c1. The number of halogens is 2. The Morgan fingerprint density at radius 1 is 1.31 bits per heavy atom. The normalized spacial score (nSPS) is 10.4. The second kappa shape index (κ2) is 3.73. The van der Waals surface area contributed by atoms with Gasteiger partial charge in [0.05, 0.1) is 0 Å². The van der Waals surface area contributed by atoms with Crippen LogP contribution < -0.4 is 0 Å². The Bertz CT molecular complexity index is 551. The summed E-state index contributed by atoms with van der Waals surface area (Å²) in [5, 5.41) is 12.2. The van der Waals surface area contributed by atoms with Crippen molar-refractivity contribution in [2.75, 3.05) is 0 Å². The van der Waals surface area contributed by atoms with Crippen molar-refractivity contribution in [3.8, 4) is 11.3 Å². The minimum Gasteiger partial charge on any atom is -0.477 e. The van der Waals surface area contributed by atoms with Crippen LogP contribution in [-0.2, 0) is 0 Å². The van der Waals surface area contributed by atoms with Gasteiger partial charge in [-0.2, -0.15) is 0 Å². The van der Waals surface area contributed by atoms with Crippen LogP contribution in [0.2, 0.25) is 0 Å². The van der Waals surface area contributed by atoms with Crippen LogP contribution in [0.4, 0.5) is 8.78 Å². The molecular weight excluding hydrogens is 220 g/mol. The maximum Gasteiger partial charge on any atom is 0.341 e. The Morgan fingerprint density at radius 2 is 2.06 bits per heavy atom. The summed E-state index contributed by atoms with van der Waals surface area (Å²) < 4.78 is 30.1. The second-order valence-corrected chi connectivity index (χ2v) is 3.01. The molecule has 0 spiro atoms. The Kier molecular flexibility index (Phi) is 2.40. The van der Waals surface area contributed by atoms with Crippen molar-refractivity contribution >= 4 is 5.97 Å². The second-order valence-electron chi connectivity index (χ2n) is 3.01. The zero-order chi connectivity index (χ0) is 11.7. The van der Waals surface area contributed by atoms with Crippen molar-refractivity contribution in [2.45, 2.75) is 0 Å². The fourth-order valence-corrected chi connectivity index (χ4v) is 1.24. The summed E-state index contributed by atoms with van der Waals surface area (Å²) >= 11 is 0. The first-order chi connectivity index (χ1) is 7.59. The van der Waals surface area contributed by atoms with Crippen molar-refractivity contribution in [3.05, 3.63) is 41.7 Å². The molecule has 4 nitrogen and oxygen atoms in total. The maximum absolute atomic E-state index is 12.9. The van der Waals surface area contributed by atoms with Gasteiger partial charge in [0.1, 0.15) is 17.5 Å². The highest BCUT2D eigenvalue weighted by molar-refractivity contribution is 5.94. The molecule has 1 N–H and O–H groups in total. The van der Waals surface area contributed by atoms with Gasteiger partial charge in [-0.3, -0.25) is 0 Å².